The molecule has 2 unspecified atom stereocenters. The van der Waals surface area contributed by atoms with Crippen LogP contribution >= 0.6 is 0 Å². The number of esters is 1. The maximum atomic E-state index is 12.1. The molecular weight excluding hydrogens is 474 g/mol. The van der Waals surface area contributed by atoms with Crippen LogP contribution in [0.5, 0.6) is 0 Å². The van der Waals surface area contributed by atoms with E-state index in [0.717, 1.165) is 18.8 Å². The van der Waals surface area contributed by atoms with Crippen molar-refractivity contribution in [2.75, 3.05) is 27.7 Å². The topological polar surface area (TPSA) is 63.6 Å². The highest BCUT2D eigenvalue weighted by molar-refractivity contribution is 5.71. The van der Waals surface area contributed by atoms with Crippen molar-refractivity contribution in [3.05, 3.63) is 0 Å². The number of likely N-dealkylation sites (N-methyl/N-ethyl adjacent to an activating group) is 1. The zero-order valence-electron chi connectivity index (χ0n) is 26.2. The van der Waals surface area contributed by atoms with Crippen LogP contribution in [0.2, 0.25) is 0 Å². The monoisotopic (exact) mass is 540 g/mol. The summed E-state index contributed by atoms with van der Waals surface area (Å²) in [7, 11) is 5.93. The largest absolute Gasteiger partial charge is 0.481 e. The van der Waals surface area contributed by atoms with Gasteiger partial charge in [0.2, 0.25) is 0 Å². The Kier molecular flexibility index (Phi) is 24.2. The summed E-state index contributed by atoms with van der Waals surface area (Å²) in [6.45, 7) is 5.25. The number of ether oxygens (including phenoxy) is 1. The standard InChI is InChI=1S/C33H65NO4/c1-6-7-8-19-22-25-30(2)26-23-20-17-15-13-11-9-10-12-14-16-18-21-24-27-33(37)38-31(28-32(35)36)29-34(3,4)5/h30-31H,6-29H2,1-5H3/p+1. The number of carboxylic acids is 1. The van der Waals surface area contributed by atoms with Gasteiger partial charge in [-0.3, -0.25) is 9.59 Å². The molecule has 0 aromatic heterocycles. The molecule has 38 heavy (non-hydrogen) atoms. The van der Waals surface area contributed by atoms with Crippen molar-refractivity contribution in [3.8, 4) is 0 Å². The van der Waals surface area contributed by atoms with Gasteiger partial charge in [-0.1, -0.05) is 142 Å². The zero-order chi connectivity index (χ0) is 28.5. The second kappa shape index (κ2) is 24.9. The van der Waals surface area contributed by atoms with Gasteiger partial charge in [0.1, 0.15) is 6.54 Å². The number of aliphatic carboxylic acids is 1. The van der Waals surface area contributed by atoms with E-state index in [1.807, 2.05) is 21.1 Å². The van der Waals surface area contributed by atoms with Crippen LogP contribution in [-0.2, 0) is 14.3 Å². The molecule has 0 spiro atoms. The van der Waals surface area contributed by atoms with Gasteiger partial charge in [-0.2, -0.15) is 0 Å². The number of unbranched alkanes of at least 4 members (excludes halogenated alkanes) is 17. The first-order chi connectivity index (χ1) is 18.1. The maximum absolute atomic E-state index is 12.1. The number of carboxylic acid groups (broad SMARTS) is 1. The van der Waals surface area contributed by atoms with Crippen molar-refractivity contribution in [3.63, 3.8) is 0 Å². The predicted octanol–water partition coefficient (Wildman–Crippen LogP) is 9.32. The Labute approximate surface area is 237 Å². The van der Waals surface area contributed by atoms with E-state index in [0.29, 0.717) is 17.4 Å². The van der Waals surface area contributed by atoms with Crippen LogP contribution in [-0.4, -0.2) is 55.3 Å². The van der Waals surface area contributed by atoms with Crippen LogP contribution in [0.3, 0.4) is 0 Å². The van der Waals surface area contributed by atoms with Gasteiger partial charge in [-0.15, -0.1) is 0 Å². The van der Waals surface area contributed by atoms with Crippen LogP contribution in [0.4, 0.5) is 0 Å². The van der Waals surface area contributed by atoms with E-state index in [1.165, 1.54) is 122 Å². The summed E-state index contributed by atoms with van der Waals surface area (Å²) < 4.78 is 6.03. The Morgan fingerprint density at radius 1 is 0.658 bits per heavy atom. The second-order valence-corrected chi connectivity index (χ2v) is 13.0. The summed E-state index contributed by atoms with van der Waals surface area (Å²) >= 11 is 0. The predicted molar refractivity (Wildman–Crippen MR) is 161 cm³/mol. The summed E-state index contributed by atoms with van der Waals surface area (Å²) in [6.07, 6.45) is 27.8. The third kappa shape index (κ3) is 27.9. The number of hydrogen-bond acceptors (Lipinski definition) is 3. The van der Waals surface area contributed by atoms with E-state index in [-0.39, 0.29) is 12.4 Å². The molecule has 0 saturated heterocycles. The minimum absolute atomic E-state index is 0.125. The van der Waals surface area contributed by atoms with Crippen LogP contribution in [0.15, 0.2) is 0 Å². The molecule has 0 aliphatic heterocycles. The summed E-state index contributed by atoms with van der Waals surface area (Å²) in [4.78, 5) is 23.2. The highest BCUT2D eigenvalue weighted by Crippen LogP contribution is 2.19. The van der Waals surface area contributed by atoms with Crippen LogP contribution in [0, 0.1) is 5.92 Å². The fraction of sp³-hybridized carbons (Fsp3) is 0.939. The molecule has 0 aromatic carbocycles. The molecule has 0 aliphatic carbocycles. The fourth-order valence-electron chi connectivity index (χ4n) is 5.32. The maximum Gasteiger partial charge on any atom is 0.307 e. The molecule has 0 bridgehead atoms. The molecule has 0 fully saturated rings. The molecule has 0 heterocycles. The van der Waals surface area contributed by atoms with Crippen molar-refractivity contribution in [2.24, 2.45) is 5.92 Å². The van der Waals surface area contributed by atoms with Crippen molar-refractivity contribution >= 4 is 11.9 Å². The molecule has 5 heteroatoms. The summed E-state index contributed by atoms with van der Waals surface area (Å²) in [6, 6.07) is 0. The van der Waals surface area contributed by atoms with Crippen LogP contribution in [0.25, 0.3) is 0 Å². The molecular formula is C33H66NO4+. The average molecular weight is 541 g/mol. The Morgan fingerprint density at radius 3 is 1.45 bits per heavy atom. The lowest BCUT2D eigenvalue weighted by Gasteiger charge is -2.28. The summed E-state index contributed by atoms with van der Waals surface area (Å²) in [5.41, 5.74) is 0. The summed E-state index contributed by atoms with van der Waals surface area (Å²) in [5, 5.41) is 9.06. The van der Waals surface area contributed by atoms with Gasteiger partial charge in [0.05, 0.1) is 27.6 Å². The Bertz CT molecular complexity index is 558. The third-order valence-electron chi connectivity index (χ3n) is 7.58. The number of nitrogens with zero attached hydrogens (tertiary/aromatic N) is 1. The average Bonchev–Trinajstić information content (AvgIpc) is 2.82. The first-order valence-electron chi connectivity index (χ1n) is 16.4. The van der Waals surface area contributed by atoms with Crippen LogP contribution in [0.1, 0.15) is 162 Å². The molecule has 2 atom stereocenters. The third-order valence-corrected chi connectivity index (χ3v) is 7.58. The van der Waals surface area contributed by atoms with Crippen molar-refractivity contribution in [2.45, 2.75) is 168 Å². The first-order valence-corrected chi connectivity index (χ1v) is 16.4. The minimum atomic E-state index is -0.921. The highest BCUT2D eigenvalue weighted by Gasteiger charge is 2.24. The molecule has 0 amide bonds. The normalized spacial score (nSPS) is 13.4. The number of carbonyl (C=O) groups excluding carboxylic acids is 1. The van der Waals surface area contributed by atoms with Gasteiger partial charge in [-0.25, -0.2) is 0 Å². The number of carbonyl (C=O) groups is 2. The van der Waals surface area contributed by atoms with Crippen LogP contribution < -0.4 is 0 Å². The van der Waals surface area contributed by atoms with E-state index in [1.54, 1.807) is 0 Å². The van der Waals surface area contributed by atoms with E-state index in [9.17, 15) is 9.59 Å². The molecule has 1 N–H and O–H groups in total. The summed E-state index contributed by atoms with van der Waals surface area (Å²) in [5.74, 6) is -0.253. The Hall–Kier alpha value is -1.10. The Balaban J connectivity index is 3.45. The van der Waals surface area contributed by atoms with Crippen molar-refractivity contribution in [1.29, 1.82) is 0 Å². The van der Waals surface area contributed by atoms with Crippen molar-refractivity contribution < 1.29 is 23.9 Å². The van der Waals surface area contributed by atoms with Gasteiger partial charge in [0, 0.05) is 6.42 Å². The van der Waals surface area contributed by atoms with E-state index < -0.39 is 12.1 Å². The van der Waals surface area contributed by atoms with Gasteiger partial charge < -0.3 is 14.3 Å². The SMILES string of the molecule is CCCCCCCC(C)CCCCCCCCCCCCCCCCC(=O)OC(CC(=O)O)C[N+](C)(C)C. The van der Waals surface area contributed by atoms with E-state index in [4.69, 9.17) is 9.84 Å². The van der Waals surface area contributed by atoms with Crippen molar-refractivity contribution in [1.82, 2.24) is 0 Å². The molecule has 0 saturated carbocycles. The van der Waals surface area contributed by atoms with E-state index >= 15 is 0 Å². The molecule has 226 valence electrons. The lowest BCUT2D eigenvalue weighted by atomic mass is 9.96. The second-order valence-electron chi connectivity index (χ2n) is 13.0. The Morgan fingerprint density at radius 2 is 1.05 bits per heavy atom. The zero-order valence-corrected chi connectivity index (χ0v) is 26.2. The quantitative estimate of drug-likeness (QED) is 0.0610. The lowest BCUT2D eigenvalue weighted by molar-refractivity contribution is -0.873. The first kappa shape index (κ1) is 36.9. The van der Waals surface area contributed by atoms with Gasteiger partial charge in [0.25, 0.3) is 0 Å². The smallest absolute Gasteiger partial charge is 0.307 e. The molecule has 0 aromatic rings. The number of rotatable bonds is 28. The molecule has 0 radical (unpaired) electrons. The lowest BCUT2D eigenvalue weighted by Crippen LogP contribution is -2.43. The number of quaternary nitrogens is 1. The fourth-order valence-corrected chi connectivity index (χ4v) is 5.32. The minimum Gasteiger partial charge on any atom is -0.481 e. The molecule has 0 aliphatic rings. The van der Waals surface area contributed by atoms with E-state index in [2.05, 4.69) is 13.8 Å². The molecule has 5 nitrogen and oxygen atoms in total. The number of hydrogen-bond donors (Lipinski definition) is 1. The molecule has 0 rings (SSSR count). The highest BCUT2D eigenvalue weighted by atomic mass is 16.5. The van der Waals surface area contributed by atoms with Gasteiger partial charge in [0.15, 0.2) is 6.10 Å². The van der Waals surface area contributed by atoms with Gasteiger partial charge in [-0.05, 0) is 12.3 Å². The van der Waals surface area contributed by atoms with Gasteiger partial charge >= 0.3 is 11.9 Å².